The van der Waals surface area contributed by atoms with Crippen molar-refractivity contribution in [3.05, 3.63) is 81.4 Å². The molecule has 5 heteroatoms. The summed E-state index contributed by atoms with van der Waals surface area (Å²) in [6, 6.07) is 13.7. The summed E-state index contributed by atoms with van der Waals surface area (Å²) < 4.78 is 13.1. The summed E-state index contributed by atoms with van der Waals surface area (Å²) in [6.45, 7) is 4.32. The van der Waals surface area contributed by atoms with E-state index in [1.54, 1.807) is 24.0 Å². The molecule has 0 saturated heterocycles. The first kappa shape index (κ1) is 17.9. The van der Waals surface area contributed by atoms with Crippen LogP contribution in [0.1, 0.15) is 30.0 Å². The zero-order chi connectivity index (χ0) is 18.7. The summed E-state index contributed by atoms with van der Waals surface area (Å²) >= 11 is 0. The highest BCUT2D eigenvalue weighted by Gasteiger charge is 2.15. The first-order valence-corrected chi connectivity index (χ1v) is 8.61. The molecular formula is C21H21FN2O2. The highest BCUT2D eigenvalue weighted by Crippen LogP contribution is 2.16. The van der Waals surface area contributed by atoms with Crippen molar-refractivity contribution in [3.8, 4) is 0 Å². The van der Waals surface area contributed by atoms with Gasteiger partial charge in [-0.2, -0.15) is 0 Å². The molecule has 0 atom stereocenters. The summed E-state index contributed by atoms with van der Waals surface area (Å²) in [6.07, 6.45) is 0.339. The van der Waals surface area contributed by atoms with Crippen LogP contribution in [0, 0.1) is 12.7 Å². The molecule has 1 N–H and O–H groups in total. The Labute approximate surface area is 151 Å². The topological polar surface area (TPSA) is 53.2 Å². The molecule has 0 bridgehead atoms. The quantitative estimate of drug-likeness (QED) is 0.757. The molecule has 3 aromatic rings. The second-order valence-electron chi connectivity index (χ2n) is 6.44. The monoisotopic (exact) mass is 352 g/mol. The first-order chi connectivity index (χ1) is 12.5. The van der Waals surface area contributed by atoms with E-state index in [2.05, 4.69) is 4.98 Å². The highest BCUT2D eigenvalue weighted by molar-refractivity contribution is 5.80. The summed E-state index contributed by atoms with van der Waals surface area (Å²) in [5.74, 6) is -0.374. The van der Waals surface area contributed by atoms with E-state index in [1.165, 1.54) is 12.1 Å². The number of fused-ring (bicyclic) bond motifs is 1. The number of hydrogen-bond donors (Lipinski definition) is 1. The number of carbonyl (C=O) groups excluding carboxylic acids is 1. The Kier molecular flexibility index (Phi) is 5.16. The zero-order valence-electron chi connectivity index (χ0n) is 14.9. The maximum absolute atomic E-state index is 13.1. The Balaban J connectivity index is 1.92. The maximum atomic E-state index is 13.1. The molecule has 1 amide bonds. The number of aryl methyl sites for hydroxylation is 1. The summed E-state index contributed by atoms with van der Waals surface area (Å²) in [7, 11) is 0. The molecule has 1 aromatic heterocycles. The lowest BCUT2D eigenvalue weighted by atomic mass is 10.1. The van der Waals surface area contributed by atoms with Crippen LogP contribution in [0.25, 0.3) is 10.9 Å². The maximum Gasteiger partial charge on any atom is 0.253 e. The number of pyridine rings is 1. The molecular weight excluding hydrogens is 331 g/mol. The van der Waals surface area contributed by atoms with Crippen LogP contribution in [0.2, 0.25) is 0 Å². The number of aromatic nitrogens is 1. The number of benzene rings is 2. The first-order valence-electron chi connectivity index (χ1n) is 8.61. The Morgan fingerprint density at radius 2 is 1.81 bits per heavy atom. The number of nitrogens with zero attached hydrogens (tertiary/aromatic N) is 1. The van der Waals surface area contributed by atoms with Crippen LogP contribution >= 0.6 is 0 Å². The average Bonchev–Trinajstić information content (AvgIpc) is 2.63. The zero-order valence-corrected chi connectivity index (χ0v) is 14.9. The van der Waals surface area contributed by atoms with Crippen LogP contribution in [0.5, 0.6) is 0 Å². The number of nitrogens with one attached hydrogen (secondary N) is 1. The second-order valence-corrected chi connectivity index (χ2v) is 6.44. The fraction of sp³-hybridized carbons (Fsp3) is 0.238. The van der Waals surface area contributed by atoms with Gasteiger partial charge in [0.1, 0.15) is 5.82 Å². The molecule has 0 aliphatic carbocycles. The molecule has 0 saturated carbocycles. The predicted octanol–water partition coefficient (Wildman–Crippen LogP) is 3.91. The van der Waals surface area contributed by atoms with Crippen LogP contribution in [0.15, 0.2) is 53.3 Å². The molecule has 2 aromatic carbocycles. The number of rotatable bonds is 5. The van der Waals surface area contributed by atoms with Crippen LogP contribution in [0.4, 0.5) is 4.39 Å². The fourth-order valence-corrected chi connectivity index (χ4v) is 2.96. The lowest BCUT2D eigenvalue weighted by Crippen LogP contribution is -2.31. The summed E-state index contributed by atoms with van der Waals surface area (Å²) in [4.78, 5) is 29.3. The highest BCUT2D eigenvalue weighted by atomic mass is 19.1. The summed E-state index contributed by atoms with van der Waals surface area (Å²) in [5.41, 5.74) is 3.03. The number of carbonyl (C=O) groups is 1. The molecule has 26 heavy (non-hydrogen) atoms. The minimum atomic E-state index is -0.316. The number of halogens is 1. The van der Waals surface area contributed by atoms with Gasteiger partial charge in [-0.1, -0.05) is 30.7 Å². The van der Waals surface area contributed by atoms with Gasteiger partial charge in [0.25, 0.3) is 5.56 Å². The van der Waals surface area contributed by atoms with Gasteiger partial charge in [-0.05, 0) is 48.2 Å². The smallest absolute Gasteiger partial charge is 0.253 e. The summed E-state index contributed by atoms with van der Waals surface area (Å²) in [5, 5.41) is 0.935. The molecule has 3 rings (SSSR count). The van der Waals surface area contributed by atoms with Gasteiger partial charge in [0.2, 0.25) is 5.91 Å². The molecule has 0 spiro atoms. The van der Waals surface area contributed by atoms with E-state index >= 15 is 0 Å². The molecule has 1 heterocycles. The van der Waals surface area contributed by atoms with Crippen molar-refractivity contribution in [3.63, 3.8) is 0 Å². The number of H-pyrrole nitrogens is 1. The third kappa shape index (κ3) is 3.99. The number of hydrogen-bond acceptors (Lipinski definition) is 2. The largest absolute Gasteiger partial charge is 0.334 e. The normalized spacial score (nSPS) is 10.9. The number of amides is 1. The lowest BCUT2D eigenvalue weighted by molar-refractivity contribution is -0.132. The van der Waals surface area contributed by atoms with Gasteiger partial charge < -0.3 is 9.88 Å². The Hall–Kier alpha value is -2.95. The van der Waals surface area contributed by atoms with Gasteiger partial charge in [0.05, 0.1) is 6.54 Å². The van der Waals surface area contributed by atoms with E-state index in [4.69, 9.17) is 0 Å². The molecule has 134 valence electrons. The van der Waals surface area contributed by atoms with E-state index in [9.17, 15) is 14.0 Å². The average molecular weight is 352 g/mol. The molecule has 0 aliphatic rings. The van der Waals surface area contributed by atoms with Crippen molar-refractivity contribution in [2.75, 3.05) is 0 Å². The SMILES string of the molecule is CCC(=O)N(Cc1ccc(F)cc1)Cc1cc2cc(C)ccc2[nH]c1=O. The van der Waals surface area contributed by atoms with E-state index in [1.807, 2.05) is 31.2 Å². The minimum Gasteiger partial charge on any atom is -0.334 e. The van der Waals surface area contributed by atoms with Crippen molar-refractivity contribution >= 4 is 16.8 Å². The van der Waals surface area contributed by atoms with Gasteiger partial charge in [0.15, 0.2) is 0 Å². The minimum absolute atomic E-state index is 0.0573. The van der Waals surface area contributed by atoms with Gasteiger partial charge in [0, 0.05) is 24.0 Å². The molecule has 0 fully saturated rings. The Morgan fingerprint density at radius 1 is 1.08 bits per heavy atom. The van der Waals surface area contributed by atoms with Crippen molar-refractivity contribution in [2.45, 2.75) is 33.4 Å². The van der Waals surface area contributed by atoms with Crippen molar-refractivity contribution in [1.82, 2.24) is 9.88 Å². The Morgan fingerprint density at radius 3 is 2.50 bits per heavy atom. The van der Waals surface area contributed by atoms with Crippen LogP contribution in [0.3, 0.4) is 0 Å². The second kappa shape index (κ2) is 7.52. The van der Waals surface area contributed by atoms with Crippen molar-refractivity contribution in [2.24, 2.45) is 0 Å². The molecule has 0 radical (unpaired) electrons. The standard InChI is InChI=1S/C21H21FN2O2/c1-3-20(25)24(12-15-5-7-18(22)8-6-15)13-17-11-16-10-14(2)4-9-19(16)23-21(17)26/h4-11H,3,12-13H2,1-2H3,(H,23,26). The van der Waals surface area contributed by atoms with E-state index in [0.29, 0.717) is 18.5 Å². The molecule has 4 nitrogen and oxygen atoms in total. The van der Waals surface area contributed by atoms with Gasteiger partial charge in [-0.15, -0.1) is 0 Å². The van der Waals surface area contributed by atoms with E-state index in [-0.39, 0.29) is 23.8 Å². The van der Waals surface area contributed by atoms with Crippen molar-refractivity contribution < 1.29 is 9.18 Å². The van der Waals surface area contributed by atoms with Crippen LogP contribution in [-0.4, -0.2) is 15.8 Å². The molecule has 0 unspecified atom stereocenters. The lowest BCUT2D eigenvalue weighted by Gasteiger charge is -2.22. The van der Waals surface area contributed by atoms with Gasteiger partial charge >= 0.3 is 0 Å². The predicted molar refractivity (Wildman–Crippen MR) is 100 cm³/mol. The Bertz CT molecular complexity index is 993. The van der Waals surface area contributed by atoms with Crippen LogP contribution < -0.4 is 5.56 Å². The van der Waals surface area contributed by atoms with E-state index < -0.39 is 0 Å². The molecule has 0 aliphatic heterocycles. The van der Waals surface area contributed by atoms with Gasteiger partial charge in [-0.3, -0.25) is 9.59 Å². The van der Waals surface area contributed by atoms with Crippen LogP contribution in [-0.2, 0) is 17.9 Å². The third-order valence-corrected chi connectivity index (χ3v) is 4.38. The fourth-order valence-electron chi connectivity index (χ4n) is 2.96. The van der Waals surface area contributed by atoms with Gasteiger partial charge in [-0.25, -0.2) is 4.39 Å². The third-order valence-electron chi connectivity index (χ3n) is 4.38. The number of aromatic amines is 1. The van der Waals surface area contributed by atoms with Crippen molar-refractivity contribution in [1.29, 1.82) is 0 Å². The van der Waals surface area contributed by atoms with E-state index in [0.717, 1.165) is 22.0 Å².